The number of fused-ring (bicyclic) bond motifs is 1. The Labute approximate surface area is 116 Å². The molecule has 1 aromatic rings. The molecule has 19 heavy (non-hydrogen) atoms. The van der Waals surface area contributed by atoms with Crippen molar-refractivity contribution in [2.75, 3.05) is 19.8 Å². The Morgan fingerprint density at radius 1 is 1.42 bits per heavy atom. The van der Waals surface area contributed by atoms with Crippen LogP contribution in [0.3, 0.4) is 0 Å². The molecule has 3 rings (SSSR count). The predicted octanol–water partition coefficient (Wildman–Crippen LogP) is 1.51. The van der Waals surface area contributed by atoms with E-state index in [1.807, 2.05) is 6.07 Å². The largest absolute Gasteiger partial charge is 0.394 e. The fourth-order valence-electron chi connectivity index (χ4n) is 2.83. The summed E-state index contributed by atoms with van der Waals surface area (Å²) in [5.41, 5.74) is 0.837. The first-order valence-electron chi connectivity index (χ1n) is 6.85. The van der Waals surface area contributed by atoms with Gasteiger partial charge in [-0.3, -0.25) is 4.79 Å². The predicted molar refractivity (Wildman–Crippen MR) is 73.7 cm³/mol. The van der Waals surface area contributed by atoms with Crippen LogP contribution in [0.15, 0.2) is 6.07 Å². The van der Waals surface area contributed by atoms with Crippen LogP contribution < -0.4 is 5.32 Å². The maximum atomic E-state index is 12.3. The molecule has 2 aliphatic rings. The number of thiophene rings is 1. The number of carbonyl (C=O) groups is 1. The van der Waals surface area contributed by atoms with Crippen molar-refractivity contribution < 1.29 is 14.6 Å². The Kier molecular flexibility index (Phi) is 3.60. The van der Waals surface area contributed by atoms with Crippen LogP contribution >= 0.6 is 11.3 Å². The first kappa shape index (κ1) is 13.1. The summed E-state index contributed by atoms with van der Waals surface area (Å²) in [6, 6.07) is 2.02. The van der Waals surface area contributed by atoms with Crippen LogP contribution in [0, 0.1) is 0 Å². The molecule has 0 aromatic carbocycles. The number of aryl methyl sites for hydroxylation is 2. The van der Waals surface area contributed by atoms with E-state index in [2.05, 4.69) is 5.32 Å². The molecule has 0 spiro atoms. The molecule has 2 N–H and O–H groups in total. The lowest BCUT2D eigenvalue weighted by Gasteiger charge is -2.36. The van der Waals surface area contributed by atoms with E-state index in [0.717, 1.165) is 17.7 Å². The van der Waals surface area contributed by atoms with E-state index in [9.17, 15) is 9.90 Å². The van der Waals surface area contributed by atoms with Gasteiger partial charge in [0.15, 0.2) is 0 Å². The van der Waals surface area contributed by atoms with Gasteiger partial charge >= 0.3 is 0 Å². The summed E-state index contributed by atoms with van der Waals surface area (Å²) >= 11 is 1.60. The van der Waals surface area contributed by atoms with E-state index >= 15 is 0 Å². The lowest BCUT2D eigenvalue weighted by Crippen LogP contribution is -2.54. The zero-order valence-electron chi connectivity index (χ0n) is 10.9. The lowest BCUT2D eigenvalue weighted by molar-refractivity contribution is 0.0126. The third-order valence-electron chi connectivity index (χ3n) is 4.10. The fraction of sp³-hybridized carbons (Fsp3) is 0.643. The molecule has 5 heteroatoms. The van der Waals surface area contributed by atoms with E-state index in [0.29, 0.717) is 26.1 Å². The zero-order valence-corrected chi connectivity index (χ0v) is 11.7. The molecule has 1 aliphatic heterocycles. The summed E-state index contributed by atoms with van der Waals surface area (Å²) in [5.74, 6) is -0.0460. The molecule has 4 nitrogen and oxygen atoms in total. The Bertz CT molecular complexity index is 456. The normalized spacial score (nSPS) is 21.1. The number of nitrogens with one attached hydrogen (secondary N) is 1. The van der Waals surface area contributed by atoms with Crippen LogP contribution in [-0.2, 0) is 17.6 Å². The smallest absolute Gasteiger partial charge is 0.261 e. The third-order valence-corrected chi connectivity index (χ3v) is 5.34. The minimum atomic E-state index is -0.496. The summed E-state index contributed by atoms with van der Waals surface area (Å²) in [6.07, 6.45) is 4.77. The van der Waals surface area contributed by atoms with Crippen molar-refractivity contribution in [3.05, 3.63) is 21.4 Å². The van der Waals surface area contributed by atoms with Gasteiger partial charge in [-0.05, 0) is 43.7 Å². The van der Waals surface area contributed by atoms with E-state index in [-0.39, 0.29) is 12.5 Å². The number of hydrogen-bond acceptors (Lipinski definition) is 4. The van der Waals surface area contributed by atoms with Crippen molar-refractivity contribution in [3.63, 3.8) is 0 Å². The Morgan fingerprint density at radius 3 is 2.89 bits per heavy atom. The van der Waals surface area contributed by atoms with Crippen LogP contribution in [-0.4, -0.2) is 36.4 Å². The van der Waals surface area contributed by atoms with Crippen molar-refractivity contribution >= 4 is 17.2 Å². The number of amides is 1. The van der Waals surface area contributed by atoms with Crippen molar-refractivity contribution in [1.82, 2.24) is 5.32 Å². The topological polar surface area (TPSA) is 58.6 Å². The highest BCUT2D eigenvalue weighted by molar-refractivity contribution is 7.14. The van der Waals surface area contributed by atoms with Gasteiger partial charge in [-0.1, -0.05) is 0 Å². The second-order valence-electron chi connectivity index (χ2n) is 5.42. The molecule has 1 fully saturated rings. The molecule has 1 aliphatic carbocycles. The van der Waals surface area contributed by atoms with Crippen LogP contribution in [0.2, 0.25) is 0 Å². The molecule has 0 radical (unpaired) electrons. The first-order valence-corrected chi connectivity index (χ1v) is 7.67. The van der Waals surface area contributed by atoms with Gasteiger partial charge in [0.25, 0.3) is 5.91 Å². The van der Waals surface area contributed by atoms with Gasteiger partial charge < -0.3 is 15.2 Å². The molecular formula is C14H19NO3S. The monoisotopic (exact) mass is 281 g/mol. The minimum Gasteiger partial charge on any atom is -0.394 e. The summed E-state index contributed by atoms with van der Waals surface area (Å²) in [4.78, 5) is 14.5. The maximum absolute atomic E-state index is 12.3. The average molecular weight is 281 g/mol. The molecule has 0 saturated carbocycles. The molecule has 104 valence electrons. The quantitative estimate of drug-likeness (QED) is 0.883. The number of hydrogen-bond donors (Lipinski definition) is 2. The SMILES string of the molecule is O=C(NC1(CO)CCOCC1)c1cc2c(s1)CCC2. The van der Waals surface area contributed by atoms with Gasteiger partial charge in [0, 0.05) is 18.1 Å². The molecule has 2 heterocycles. The van der Waals surface area contributed by atoms with Crippen molar-refractivity contribution in [2.45, 2.75) is 37.6 Å². The van der Waals surface area contributed by atoms with Gasteiger partial charge in [-0.2, -0.15) is 0 Å². The Balaban J connectivity index is 1.72. The van der Waals surface area contributed by atoms with Gasteiger partial charge in [0.05, 0.1) is 17.0 Å². The summed E-state index contributed by atoms with van der Waals surface area (Å²) in [7, 11) is 0. The molecule has 0 unspecified atom stereocenters. The summed E-state index contributed by atoms with van der Waals surface area (Å²) in [6.45, 7) is 1.18. The van der Waals surface area contributed by atoms with Crippen molar-refractivity contribution in [2.24, 2.45) is 0 Å². The maximum Gasteiger partial charge on any atom is 0.261 e. The first-order chi connectivity index (χ1) is 9.22. The van der Waals surface area contributed by atoms with Crippen LogP contribution in [0.25, 0.3) is 0 Å². The fourth-order valence-corrected chi connectivity index (χ4v) is 3.98. The minimum absolute atomic E-state index is 0.0206. The Hall–Kier alpha value is -0.910. The second kappa shape index (κ2) is 5.23. The lowest BCUT2D eigenvalue weighted by atomic mass is 9.91. The highest BCUT2D eigenvalue weighted by Crippen LogP contribution is 2.31. The van der Waals surface area contributed by atoms with E-state index in [1.54, 1.807) is 11.3 Å². The van der Waals surface area contributed by atoms with E-state index in [4.69, 9.17) is 4.74 Å². The second-order valence-corrected chi connectivity index (χ2v) is 6.55. The van der Waals surface area contributed by atoms with Gasteiger partial charge in [0.2, 0.25) is 0 Å². The molecule has 0 atom stereocenters. The molecule has 1 aromatic heterocycles. The zero-order chi connectivity index (χ0) is 13.3. The van der Waals surface area contributed by atoms with Crippen LogP contribution in [0.5, 0.6) is 0 Å². The molecular weight excluding hydrogens is 262 g/mol. The highest BCUT2D eigenvalue weighted by Gasteiger charge is 2.34. The number of rotatable bonds is 3. The van der Waals surface area contributed by atoms with Crippen molar-refractivity contribution in [1.29, 1.82) is 0 Å². The number of carbonyl (C=O) groups excluding carboxylic acids is 1. The van der Waals surface area contributed by atoms with E-state index < -0.39 is 5.54 Å². The van der Waals surface area contributed by atoms with Crippen LogP contribution in [0.1, 0.15) is 39.4 Å². The number of aliphatic hydroxyl groups excluding tert-OH is 1. The number of aliphatic hydroxyl groups is 1. The third kappa shape index (κ3) is 2.55. The number of ether oxygens (including phenoxy) is 1. The molecule has 1 amide bonds. The van der Waals surface area contributed by atoms with Gasteiger partial charge in [-0.15, -0.1) is 11.3 Å². The summed E-state index contributed by atoms with van der Waals surface area (Å²) in [5, 5.41) is 12.6. The average Bonchev–Trinajstić information content (AvgIpc) is 3.00. The van der Waals surface area contributed by atoms with Crippen LogP contribution in [0.4, 0.5) is 0 Å². The van der Waals surface area contributed by atoms with Gasteiger partial charge in [-0.25, -0.2) is 0 Å². The Morgan fingerprint density at radius 2 is 2.21 bits per heavy atom. The van der Waals surface area contributed by atoms with E-state index in [1.165, 1.54) is 16.9 Å². The van der Waals surface area contributed by atoms with Gasteiger partial charge in [0.1, 0.15) is 0 Å². The highest BCUT2D eigenvalue weighted by atomic mass is 32.1. The standard InChI is InChI=1S/C14H19NO3S/c16-9-14(4-6-18-7-5-14)15-13(17)12-8-10-2-1-3-11(10)19-12/h8,16H,1-7,9H2,(H,15,17). The van der Waals surface area contributed by atoms with Crippen molar-refractivity contribution in [3.8, 4) is 0 Å². The molecule has 1 saturated heterocycles. The molecule has 0 bridgehead atoms. The summed E-state index contributed by atoms with van der Waals surface area (Å²) < 4.78 is 5.30.